The molecule has 1 fully saturated rings. The number of ether oxygens (including phenoxy) is 1. The van der Waals surface area contributed by atoms with Gasteiger partial charge in [-0.1, -0.05) is 18.6 Å². The minimum Gasteiger partial charge on any atom is -0.459 e. The molecule has 0 aromatic rings. The Morgan fingerprint density at radius 3 is 2.29 bits per heavy atom. The van der Waals surface area contributed by atoms with Crippen molar-refractivity contribution in [1.82, 2.24) is 0 Å². The second-order valence-corrected chi connectivity index (χ2v) is 4.71. The molecule has 0 bridgehead atoms. The maximum atomic E-state index is 11.3. The van der Waals surface area contributed by atoms with Crippen LogP contribution in [-0.4, -0.2) is 22.8 Å². The van der Waals surface area contributed by atoms with E-state index >= 15 is 0 Å². The number of aliphatic hydroxyl groups is 1. The van der Waals surface area contributed by atoms with Crippen LogP contribution in [-0.2, 0) is 9.53 Å². The Kier molecular flexibility index (Phi) is 4.94. The van der Waals surface area contributed by atoms with Crippen molar-refractivity contribution < 1.29 is 14.6 Å². The highest BCUT2D eigenvalue weighted by Gasteiger charge is 2.43. The largest absolute Gasteiger partial charge is 0.459 e. The number of hydrogen-bond donors (Lipinski definition) is 1. The van der Waals surface area contributed by atoms with Crippen molar-refractivity contribution in [3.63, 3.8) is 0 Å². The molecule has 2 unspecified atom stereocenters. The molecule has 0 amide bonds. The van der Waals surface area contributed by atoms with E-state index in [4.69, 9.17) is 4.74 Å². The monoisotopic (exact) mass is 238 g/mol. The first-order valence-electron chi connectivity index (χ1n) is 6.18. The average molecular weight is 238 g/mol. The fourth-order valence-corrected chi connectivity index (χ4v) is 2.75. The van der Waals surface area contributed by atoms with Crippen molar-refractivity contribution in [3.8, 4) is 0 Å². The Hall–Kier alpha value is -1.09. The van der Waals surface area contributed by atoms with Gasteiger partial charge in [0.15, 0.2) is 0 Å². The molecule has 0 radical (unpaired) electrons. The standard InChI is InChI=1S/C14H22O3/c1-4-12(13(16)5-2)14(17-11(3)15)9-7-6-8-10-14/h4-5,12-13,16H,1-2,6-10H2,3H3. The van der Waals surface area contributed by atoms with E-state index in [1.807, 2.05) is 0 Å². The summed E-state index contributed by atoms with van der Waals surface area (Å²) in [5.41, 5.74) is -0.598. The molecule has 0 saturated heterocycles. The smallest absolute Gasteiger partial charge is 0.303 e. The number of rotatable bonds is 5. The van der Waals surface area contributed by atoms with E-state index in [1.165, 1.54) is 13.0 Å². The molecule has 0 aromatic heterocycles. The van der Waals surface area contributed by atoms with Crippen molar-refractivity contribution in [2.75, 3.05) is 0 Å². The minimum absolute atomic E-state index is 0.274. The van der Waals surface area contributed by atoms with Crippen LogP contribution in [0.5, 0.6) is 0 Å². The summed E-state index contributed by atoms with van der Waals surface area (Å²) in [6.45, 7) is 8.77. The maximum absolute atomic E-state index is 11.3. The summed E-state index contributed by atoms with van der Waals surface area (Å²) in [6, 6.07) is 0. The van der Waals surface area contributed by atoms with Crippen LogP contribution in [0.2, 0.25) is 0 Å². The van der Waals surface area contributed by atoms with Crippen LogP contribution in [0.25, 0.3) is 0 Å². The molecule has 0 heterocycles. The number of aliphatic hydroxyl groups excluding tert-OH is 1. The Labute approximate surface area is 103 Å². The van der Waals surface area contributed by atoms with E-state index < -0.39 is 11.7 Å². The molecular weight excluding hydrogens is 216 g/mol. The molecule has 0 spiro atoms. The number of carbonyl (C=O) groups is 1. The van der Waals surface area contributed by atoms with Gasteiger partial charge in [-0.15, -0.1) is 13.2 Å². The highest BCUT2D eigenvalue weighted by molar-refractivity contribution is 5.66. The molecule has 0 aliphatic heterocycles. The van der Waals surface area contributed by atoms with Crippen LogP contribution in [0.15, 0.2) is 25.3 Å². The third-order valence-corrected chi connectivity index (χ3v) is 3.52. The van der Waals surface area contributed by atoms with Crippen molar-refractivity contribution >= 4 is 5.97 Å². The SMILES string of the molecule is C=CC(O)C(C=C)C1(OC(C)=O)CCCCC1. The highest BCUT2D eigenvalue weighted by atomic mass is 16.6. The van der Waals surface area contributed by atoms with E-state index in [2.05, 4.69) is 13.2 Å². The lowest BCUT2D eigenvalue weighted by Crippen LogP contribution is -2.47. The summed E-state index contributed by atoms with van der Waals surface area (Å²) in [7, 11) is 0. The molecule has 1 aliphatic carbocycles. The average Bonchev–Trinajstić information content (AvgIpc) is 2.29. The zero-order valence-corrected chi connectivity index (χ0v) is 10.5. The van der Waals surface area contributed by atoms with E-state index in [0.29, 0.717) is 0 Å². The zero-order valence-electron chi connectivity index (χ0n) is 10.5. The zero-order chi connectivity index (χ0) is 12.9. The van der Waals surface area contributed by atoms with Crippen LogP contribution >= 0.6 is 0 Å². The van der Waals surface area contributed by atoms with Gasteiger partial charge in [0.05, 0.1) is 6.10 Å². The minimum atomic E-state index is -0.718. The lowest BCUT2D eigenvalue weighted by molar-refractivity contribution is -0.169. The van der Waals surface area contributed by atoms with Gasteiger partial charge in [-0.05, 0) is 25.7 Å². The van der Waals surface area contributed by atoms with Crippen LogP contribution < -0.4 is 0 Å². The van der Waals surface area contributed by atoms with Gasteiger partial charge in [0.2, 0.25) is 0 Å². The van der Waals surface area contributed by atoms with Gasteiger partial charge < -0.3 is 9.84 Å². The molecule has 1 rings (SSSR count). The van der Waals surface area contributed by atoms with Crippen molar-refractivity contribution in [2.45, 2.75) is 50.7 Å². The summed E-state index contributed by atoms with van der Waals surface area (Å²) in [5.74, 6) is -0.570. The molecule has 17 heavy (non-hydrogen) atoms. The van der Waals surface area contributed by atoms with Crippen LogP contribution in [0, 0.1) is 5.92 Å². The lowest BCUT2D eigenvalue weighted by Gasteiger charge is -2.42. The van der Waals surface area contributed by atoms with E-state index in [0.717, 1.165) is 32.1 Å². The fraction of sp³-hybridized carbons (Fsp3) is 0.643. The quantitative estimate of drug-likeness (QED) is 0.591. The number of hydrogen-bond acceptors (Lipinski definition) is 3. The van der Waals surface area contributed by atoms with Crippen LogP contribution in [0.3, 0.4) is 0 Å². The van der Waals surface area contributed by atoms with E-state index in [9.17, 15) is 9.90 Å². The van der Waals surface area contributed by atoms with Crippen molar-refractivity contribution in [2.24, 2.45) is 5.92 Å². The summed E-state index contributed by atoms with van der Waals surface area (Å²) < 4.78 is 5.54. The Bertz CT molecular complexity index is 290. The van der Waals surface area contributed by atoms with Crippen LogP contribution in [0.4, 0.5) is 0 Å². The molecule has 0 aromatic carbocycles. The Morgan fingerprint density at radius 1 is 1.29 bits per heavy atom. The first-order chi connectivity index (χ1) is 8.05. The molecule has 1 saturated carbocycles. The molecule has 1 N–H and O–H groups in total. The Morgan fingerprint density at radius 2 is 1.88 bits per heavy atom. The van der Waals surface area contributed by atoms with Crippen LogP contribution in [0.1, 0.15) is 39.0 Å². The first-order valence-corrected chi connectivity index (χ1v) is 6.18. The lowest BCUT2D eigenvalue weighted by atomic mass is 9.73. The van der Waals surface area contributed by atoms with Crippen molar-refractivity contribution in [3.05, 3.63) is 25.3 Å². The molecule has 3 heteroatoms. The van der Waals surface area contributed by atoms with Gasteiger partial charge in [0.1, 0.15) is 5.60 Å². The van der Waals surface area contributed by atoms with Gasteiger partial charge in [-0.3, -0.25) is 4.79 Å². The van der Waals surface area contributed by atoms with Gasteiger partial charge in [0.25, 0.3) is 0 Å². The fourth-order valence-electron chi connectivity index (χ4n) is 2.75. The van der Waals surface area contributed by atoms with Gasteiger partial charge >= 0.3 is 5.97 Å². The van der Waals surface area contributed by atoms with E-state index in [-0.39, 0.29) is 11.9 Å². The highest BCUT2D eigenvalue weighted by Crippen LogP contribution is 2.40. The van der Waals surface area contributed by atoms with Gasteiger partial charge in [0, 0.05) is 12.8 Å². The summed E-state index contributed by atoms with van der Waals surface area (Å²) in [5, 5.41) is 9.97. The third kappa shape index (κ3) is 3.19. The predicted octanol–water partition coefficient (Wildman–Crippen LogP) is 2.60. The molecule has 96 valence electrons. The molecular formula is C14H22O3. The number of esters is 1. The predicted molar refractivity (Wildman–Crippen MR) is 67.5 cm³/mol. The number of carbonyl (C=O) groups excluding carboxylic acids is 1. The summed E-state index contributed by atoms with van der Waals surface area (Å²) in [6.07, 6.45) is 7.19. The summed E-state index contributed by atoms with van der Waals surface area (Å²) >= 11 is 0. The van der Waals surface area contributed by atoms with Gasteiger partial charge in [-0.2, -0.15) is 0 Å². The molecule has 3 nitrogen and oxygen atoms in total. The molecule has 1 aliphatic rings. The Balaban J connectivity index is 2.97. The van der Waals surface area contributed by atoms with Crippen molar-refractivity contribution in [1.29, 1.82) is 0 Å². The summed E-state index contributed by atoms with van der Waals surface area (Å²) in [4.78, 5) is 11.3. The molecule has 2 atom stereocenters. The topological polar surface area (TPSA) is 46.5 Å². The maximum Gasteiger partial charge on any atom is 0.303 e. The van der Waals surface area contributed by atoms with E-state index in [1.54, 1.807) is 6.08 Å². The second kappa shape index (κ2) is 6.01. The third-order valence-electron chi connectivity index (χ3n) is 3.52. The van der Waals surface area contributed by atoms with Gasteiger partial charge in [-0.25, -0.2) is 0 Å². The first kappa shape index (κ1) is 14.0. The second-order valence-electron chi connectivity index (χ2n) is 4.71. The normalized spacial score (nSPS) is 22.2.